The van der Waals surface area contributed by atoms with Gasteiger partial charge in [0.25, 0.3) is 0 Å². The molecule has 2 amide bonds. The second-order valence-electron chi connectivity index (χ2n) is 8.17. The Morgan fingerprint density at radius 2 is 1.81 bits per heavy atom. The van der Waals surface area contributed by atoms with E-state index < -0.39 is 11.7 Å². The van der Waals surface area contributed by atoms with Crippen molar-refractivity contribution < 1.29 is 18.7 Å². The fraction of sp³-hybridized carbons (Fsp3) is 0.619. The van der Waals surface area contributed by atoms with Crippen molar-refractivity contribution in [3.05, 3.63) is 35.6 Å². The van der Waals surface area contributed by atoms with E-state index in [1.54, 1.807) is 32.9 Å². The molecule has 1 unspecified atom stereocenters. The van der Waals surface area contributed by atoms with E-state index in [4.69, 9.17) is 4.74 Å². The van der Waals surface area contributed by atoms with E-state index in [0.717, 1.165) is 31.2 Å². The number of amides is 2. The maximum absolute atomic E-state index is 13.2. The predicted octanol–water partition coefficient (Wildman–Crippen LogP) is 4.48. The van der Waals surface area contributed by atoms with Crippen LogP contribution in [0, 0.1) is 11.7 Å². The first kappa shape index (κ1) is 21.2. The van der Waals surface area contributed by atoms with E-state index in [-0.39, 0.29) is 17.8 Å². The molecule has 1 atom stereocenters. The summed E-state index contributed by atoms with van der Waals surface area (Å²) >= 11 is 0. The molecule has 1 aromatic rings. The Labute approximate surface area is 161 Å². The summed E-state index contributed by atoms with van der Waals surface area (Å²) < 4.78 is 18.4. The molecular weight excluding hydrogens is 347 g/mol. The Bertz CT molecular complexity index is 619. The number of hydrogen-bond acceptors (Lipinski definition) is 3. The summed E-state index contributed by atoms with van der Waals surface area (Å²) in [6.45, 7) is 5.79. The summed E-state index contributed by atoms with van der Waals surface area (Å²) in [6.07, 6.45) is 4.85. The molecule has 1 fully saturated rings. The molecule has 1 aliphatic rings. The molecule has 2 rings (SSSR count). The van der Waals surface area contributed by atoms with E-state index in [2.05, 4.69) is 10.6 Å². The van der Waals surface area contributed by atoms with Crippen molar-refractivity contribution in [2.45, 2.75) is 70.9 Å². The maximum atomic E-state index is 13.2. The summed E-state index contributed by atoms with van der Waals surface area (Å²) in [7, 11) is 0. The van der Waals surface area contributed by atoms with Gasteiger partial charge in [-0.05, 0) is 63.6 Å². The normalized spacial score (nSPS) is 16.0. The lowest BCUT2D eigenvalue weighted by molar-refractivity contribution is -0.122. The minimum Gasteiger partial charge on any atom is -0.444 e. The van der Waals surface area contributed by atoms with Crippen LogP contribution in [0.15, 0.2) is 24.3 Å². The molecule has 1 aromatic carbocycles. The largest absolute Gasteiger partial charge is 0.444 e. The average molecular weight is 378 g/mol. The third-order valence-electron chi connectivity index (χ3n) is 4.67. The van der Waals surface area contributed by atoms with Crippen LogP contribution in [0.4, 0.5) is 9.18 Å². The van der Waals surface area contributed by atoms with Crippen LogP contribution in [0.1, 0.15) is 70.9 Å². The Morgan fingerprint density at radius 1 is 1.19 bits per heavy atom. The summed E-state index contributed by atoms with van der Waals surface area (Å²) in [4.78, 5) is 24.0. The van der Waals surface area contributed by atoms with Crippen LogP contribution in [0.25, 0.3) is 0 Å². The number of rotatable bonds is 7. The van der Waals surface area contributed by atoms with E-state index >= 15 is 0 Å². The van der Waals surface area contributed by atoms with Gasteiger partial charge in [-0.2, -0.15) is 0 Å². The third-order valence-corrected chi connectivity index (χ3v) is 4.67. The highest BCUT2D eigenvalue weighted by molar-refractivity contribution is 5.76. The standard InChI is InChI=1S/C21H31FN2O3/c1-21(2,3)27-20(26)23-14-6-9-18(25)24-19(15-7-4-5-8-15)16-10-12-17(22)13-11-16/h10-13,15,19H,4-9,14H2,1-3H3,(H,23,26)(H,24,25). The molecule has 0 aromatic heterocycles. The van der Waals surface area contributed by atoms with Crippen molar-refractivity contribution in [3.8, 4) is 0 Å². The highest BCUT2D eigenvalue weighted by atomic mass is 19.1. The van der Waals surface area contributed by atoms with Gasteiger partial charge < -0.3 is 15.4 Å². The number of ether oxygens (including phenoxy) is 1. The van der Waals surface area contributed by atoms with Gasteiger partial charge in [-0.25, -0.2) is 9.18 Å². The zero-order valence-corrected chi connectivity index (χ0v) is 16.5. The highest BCUT2D eigenvalue weighted by Crippen LogP contribution is 2.35. The van der Waals surface area contributed by atoms with Crippen LogP contribution in [-0.4, -0.2) is 24.1 Å². The Morgan fingerprint density at radius 3 is 2.41 bits per heavy atom. The van der Waals surface area contributed by atoms with Gasteiger partial charge in [0.1, 0.15) is 11.4 Å². The van der Waals surface area contributed by atoms with Crippen LogP contribution in [0.2, 0.25) is 0 Å². The third kappa shape index (κ3) is 7.57. The average Bonchev–Trinajstić information content (AvgIpc) is 3.10. The zero-order valence-electron chi connectivity index (χ0n) is 16.5. The second-order valence-corrected chi connectivity index (χ2v) is 8.17. The summed E-state index contributed by atoms with van der Waals surface area (Å²) in [5.41, 5.74) is 0.411. The molecule has 0 heterocycles. The van der Waals surface area contributed by atoms with Crippen molar-refractivity contribution >= 4 is 12.0 Å². The summed E-state index contributed by atoms with van der Waals surface area (Å²) in [6, 6.07) is 6.30. The molecule has 0 radical (unpaired) electrons. The Hall–Kier alpha value is -2.11. The highest BCUT2D eigenvalue weighted by Gasteiger charge is 2.27. The molecule has 0 saturated heterocycles. The first-order valence-corrected chi connectivity index (χ1v) is 9.76. The lowest BCUT2D eigenvalue weighted by Gasteiger charge is -2.25. The minimum atomic E-state index is -0.537. The Kier molecular flexibility index (Phi) is 7.63. The SMILES string of the molecule is CC(C)(C)OC(=O)NCCCC(=O)NC(c1ccc(F)cc1)C1CCCC1. The quantitative estimate of drug-likeness (QED) is 0.688. The first-order chi connectivity index (χ1) is 12.7. The molecule has 150 valence electrons. The molecule has 6 heteroatoms. The maximum Gasteiger partial charge on any atom is 0.407 e. The van der Waals surface area contributed by atoms with Gasteiger partial charge in [-0.1, -0.05) is 25.0 Å². The zero-order chi connectivity index (χ0) is 19.9. The van der Waals surface area contributed by atoms with Gasteiger partial charge in [-0.3, -0.25) is 4.79 Å². The fourth-order valence-electron chi connectivity index (χ4n) is 3.43. The van der Waals surface area contributed by atoms with E-state index in [1.807, 2.05) is 0 Å². The monoisotopic (exact) mass is 378 g/mol. The number of carbonyl (C=O) groups excluding carboxylic acids is 2. The van der Waals surface area contributed by atoms with Crippen molar-refractivity contribution in [1.29, 1.82) is 0 Å². The minimum absolute atomic E-state index is 0.0535. The van der Waals surface area contributed by atoms with Gasteiger partial charge in [0.2, 0.25) is 5.91 Å². The molecule has 0 spiro atoms. The van der Waals surface area contributed by atoms with Crippen molar-refractivity contribution in [2.24, 2.45) is 5.92 Å². The number of alkyl carbamates (subject to hydrolysis) is 1. The summed E-state index contributed by atoms with van der Waals surface area (Å²) in [5.74, 6) is 0.0602. The Balaban J connectivity index is 1.81. The van der Waals surface area contributed by atoms with E-state index in [1.165, 1.54) is 12.1 Å². The molecule has 27 heavy (non-hydrogen) atoms. The summed E-state index contributed by atoms with van der Waals surface area (Å²) in [5, 5.41) is 5.77. The van der Waals surface area contributed by atoms with Gasteiger partial charge in [-0.15, -0.1) is 0 Å². The first-order valence-electron chi connectivity index (χ1n) is 9.76. The van der Waals surface area contributed by atoms with Crippen LogP contribution in [0.3, 0.4) is 0 Å². The van der Waals surface area contributed by atoms with Crippen molar-refractivity contribution in [1.82, 2.24) is 10.6 Å². The van der Waals surface area contributed by atoms with Crippen LogP contribution >= 0.6 is 0 Å². The molecule has 0 aliphatic heterocycles. The molecular formula is C21H31FN2O3. The van der Waals surface area contributed by atoms with E-state index in [9.17, 15) is 14.0 Å². The lowest BCUT2D eigenvalue weighted by Crippen LogP contribution is -2.35. The van der Waals surface area contributed by atoms with Crippen LogP contribution in [0.5, 0.6) is 0 Å². The van der Waals surface area contributed by atoms with Crippen LogP contribution < -0.4 is 10.6 Å². The van der Waals surface area contributed by atoms with Crippen LogP contribution in [-0.2, 0) is 9.53 Å². The topological polar surface area (TPSA) is 67.4 Å². The molecule has 1 saturated carbocycles. The van der Waals surface area contributed by atoms with Crippen molar-refractivity contribution in [2.75, 3.05) is 6.54 Å². The number of carbonyl (C=O) groups is 2. The van der Waals surface area contributed by atoms with Crippen molar-refractivity contribution in [3.63, 3.8) is 0 Å². The van der Waals surface area contributed by atoms with Gasteiger partial charge >= 0.3 is 6.09 Å². The molecule has 1 aliphatic carbocycles. The smallest absolute Gasteiger partial charge is 0.407 e. The second kappa shape index (κ2) is 9.72. The number of halogens is 1. The predicted molar refractivity (Wildman–Crippen MR) is 103 cm³/mol. The number of benzene rings is 1. The van der Waals surface area contributed by atoms with Gasteiger partial charge in [0.05, 0.1) is 6.04 Å². The van der Waals surface area contributed by atoms with E-state index in [0.29, 0.717) is 25.3 Å². The molecule has 5 nitrogen and oxygen atoms in total. The van der Waals surface area contributed by atoms with Gasteiger partial charge in [0, 0.05) is 13.0 Å². The number of hydrogen-bond donors (Lipinski definition) is 2. The van der Waals surface area contributed by atoms with Gasteiger partial charge in [0.15, 0.2) is 0 Å². The lowest BCUT2D eigenvalue weighted by atomic mass is 9.91. The molecule has 0 bridgehead atoms. The number of nitrogens with one attached hydrogen (secondary N) is 2. The molecule has 2 N–H and O–H groups in total. The fourth-order valence-corrected chi connectivity index (χ4v) is 3.43.